The Morgan fingerprint density at radius 1 is 1.30 bits per heavy atom. The number of ether oxygens (including phenoxy) is 1. The van der Waals surface area contributed by atoms with Crippen LogP contribution in [0.4, 0.5) is 5.69 Å². The van der Waals surface area contributed by atoms with Crippen molar-refractivity contribution < 1.29 is 13.2 Å². The van der Waals surface area contributed by atoms with Gasteiger partial charge >= 0.3 is 0 Å². The molecule has 1 aromatic carbocycles. The Balaban J connectivity index is 2.50. The fourth-order valence-electron chi connectivity index (χ4n) is 2.45. The van der Waals surface area contributed by atoms with Crippen LogP contribution >= 0.6 is 0 Å². The smallest absolute Gasteiger partial charge is 0.243 e. The molecule has 0 amide bonds. The Bertz CT molecular complexity index is 613. The van der Waals surface area contributed by atoms with Crippen LogP contribution in [0.2, 0.25) is 0 Å². The number of aryl methyl sites for hydroxylation is 1. The van der Waals surface area contributed by atoms with Crippen LogP contribution in [0.15, 0.2) is 17.0 Å². The highest BCUT2D eigenvalue weighted by Crippen LogP contribution is 2.28. The van der Waals surface area contributed by atoms with E-state index in [0.717, 1.165) is 5.56 Å². The number of nitrogens with two attached hydrogens (primary N) is 1. The van der Waals surface area contributed by atoms with Crippen LogP contribution in [0.5, 0.6) is 0 Å². The van der Waals surface area contributed by atoms with Gasteiger partial charge in [-0.1, -0.05) is 0 Å². The second kappa shape index (κ2) is 5.35. The molecule has 0 aromatic heterocycles. The van der Waals surface area contributed by atoms with Crippen LogP contribution in [-0.2, 0) is 14.8 Å². The Hall–Kier alpha value is -1.11. The fourth-order valence-corrected chi connectivity index (χ4v) is 4.49. The molecule has 2 unspecified atom stereocenters. The Morgan fingerprint density at radius 2 is 1.95 bits per heavy atom. The quantitative estimate of drug-likeness (QED) is 0.843. The summed E-state index contributed by atoms with van der Waals surface area (Å²) in [5.74, 6) is 0. The fraction of sp³-hybridized carbons (Fsp3) is 0.571. The molecule has 1 aliphatic heterocycles. The van der Waals surface area contributed by atoms with Crippen molar-refractivity contribution in [3.05, 3.63) is 23.3 Å². The van der Waals surface area contributed by atoms with Gasteiger partial charge in [-0.25, -0.2) is 8.42 Å². The van der Waals surface area contributed by atoms with E-state index < -0.39 is 10.0 Å². The first-order valence-electron chi connectivity index (χ1n) is 6.73. The van der Waals surface area contributed by atoms with Gasteiger partial charge in [0.15, 0.2) is 0 Å². The predicted octanol–water partition coefficient (Wildman–Crippen LogP) is 1.68. The first-order valence-corrected chi connectivity index (χ1v) is 8.17. The minimum absolute atomic E-state index is 0.0940. The monoisotopic (exact) mass is 298 g/mol. The third kappa shape index (κ3) is 2.68. The van der Waals surface area contributed by atoms with Gasteiger partial charge < -0.3 is 10.5 Å². The largest absolute Gasteiger partial charge is 0.398 e. The van der Waals surface area contributed by atoms with Crippen molar-refractivity contribution in [3.8, 4) is 0 Å². The molecule has 112 valence electrons. The van der Waals surface area contributed by atoms with Crippen molar-refractivity contribution in [2.45, 2.75) is 44.7 Å². The summed E-state index contributed by atoms with van der Waals surface area (Å²) in [7, 11) is -3.55. The molecule has 0 aliphatic carbocycles. The molecule has 20 heavy (non-hydrogen) atoms. The van der Waals surface area contributed by atoms with Crippen molar-refractivity contribution in [3.63, 3.8) is 0 Å². The average Bonchev–Trinajstić information content (AvgIpc) is 2.36. The van der Waals surface area contributed by atoms with E-state index in [1.807, 2.05) is 20.8 Å². The van der Waals surface area contributed by atoms with E-state index in [1.54, 1.807) is 19.1 Å². The topological polar surface area (TPSA) is 72.6 Å². The van der Waals surface area contributed by atoms with Crippen LogP contribution in [0.3, 0.4) is 0 Å². The summed E-state index contributed by atoms with van der Waals surface area (Å²) in [6, 6.07) is 3.31. The molecule has 0 bridgehead atoms. The lowest BCUT2D eigenvalue weighted by Crippen LogP contribution is -2.50. The molecule has 0 saturated carbocycles. The molecule has 1 heterocycles. The van der Waals surface area contributed by atoms with E-state index in [9.17, 15) is 8.42 Å². The molecule has 6 heteroatoms. The van der Waals surface area contributed by atoms with Crippen LogP contribution in [0.25, 0.3) is 0 Å². The normalized spacial score (nSPS) is 24.8. The predicted molar refractivity (Wildman–Crippen MR) is 79.1 cm³/mol. The number of benzene rings is 1. The van der Waals surface area contributed by atoms with Gasteiger partial charge in [-0.3, -0.25) is 0 Å². The lowest BCUT2D eigenvalue weighted by Gasteiger charge is -2.36. The molecule has 5 nitrogen and oxygen atoms in total. The maximum atomic E-state index is 12.9. The van der Waals surface area contributed by atoms with Gasteiger partial charge in [0.25, 0.3) is 0 Å². The standard InChI is InChI=1S/C14H22N2O3S/c1-9-5-13(15)12(4)14(6-9)20(17,18)16-7-11(3)19-8-10(16)2/h5-6,10-11H,7-8,15H2,1-4H3. The zero-order valence-corrected chi connectivity index (χ0v) is 13.2. The van der Waals surface area contributed by atoms with Crippen LogP contribution in [0, 0.1) is 13.8 Å². The minimum Gasteiger partial charge on any atom is -0.398 e. The third-order valence-electron chi connectivity index (χ3n) is 3.68. The lowest BCUT2D eigenvalue weighted by atomic mass is 10.1. The number of hydrogen-bond acceptors (Lipinski definition) is 4. The third-order valence-corrected chi connectivity index (χ3v) is 5.79. The van der Waals surface area contributed by atoms with Gasteiger partial charge in [0.1, 0.15) is 0 Å². The van der Waals surface area contributed by atoms with Crippen LogP contribution in [0.1, 0.15) is 25.0 Å². The number of hydrogen-bond donors (Lipinski definition) is 1. The van der Waals surface area contributed by atoms with E-state index in [4.69, 9.17) is 10.5 Å². The van der Waals surface area contributed by atoms with Gasteiger partial charge in [-0.05, 0) is 51.0 Å². The highest BCUT2D eigenvalue weighted by Gasteiger charge is 2.35. The first-order chi connectivity index (χ1) is 9.23. The summed E-state index contributed by atoms with van der Waals surface area (Å²) in [6.45, 7) is 8.12. The van der Waals surface area contributed by atoms with Gasteiger partial charge in [-0.2, -0.15) is 4.31 Å². The zero-order chi connectivity index (χ0) is 15.1. The van der Waals surface area contributed by atoms with E-state index in [-0.39, 0.29) is 12.1 Å². The molecule has 2 atom stereocenters. The first kappa shape index (κ1) is 15.3. The summed E-state index contributed by atoms with van der Waals surface area (Å²) in [4.78, 5) is 0.302. The molecular weight excluding hydrogens is 276 g/mol. The summed E-state index contributed by atoms with van der Waals surface area (Å²) >= 11 is 0. The molecule has 1 aromatic rings. The molecular formula is C14H22N2O3S. The molecule has 0 radical (unpaired) electrons. The maximum Gasteiger partial charge on any atom is 0.243 e. The van der Waals surface area contributed by atoms with Crippen molar-refractivity contribution >= 4 is 15.7 Å². The summed E-state index contributed by atoms with van der Waals surface area (Å²) in [5, 5.41) is 0. The number of nitrogen functional groups attached to an aromatic ring is 1. The number of anilines is 1. The Morgan fingerprint density at radius 3 is 2.60 bits per heavy atom. The average molecular weight is 298 g/mol. The van der Waals surface area contributed by atoms with Gasteiger partial charge in [0.05, 0.1) is 17.6 Å². The molecule has 1 fully saturated rings. The SMILES string of the molecule is Cc1cc(N)c(C)c(S(=O)(=O)N2CC(C)OCC2C)c1. The summed E-state index contributed by atoms with van der Waals surface area (Å²) in [6.07, 6.45) is -0.0940. The maximum absolute atomic E-state index is 12.9. The number of rotatable bonds is 2. The molecule has 1 aliphatic rings. The molecule has 2 rings (SSSR count). The second-order valence-electron chi connectivity index (χ2n) is 5.54. The van der Waals surface area contributed by atoms with Crippen molar-refractivity contribution in [2.75, 3.05) is 18.9 Å². The Labute approximate surface area is 120 Å². The molecule has 0 spiro atoms. The van der Waals surface area contributed by atoms with Crippen LogP contribution < -0.4 is 5.73 Å². The number of nitrogens with zero attached hydrogens (tertiary/aromatic N) is 1. The molecule has 2 N–H and O–H groups in total. The van der Waals surface area contributed by atoms with E-state index in [2.05, 4.69) is 0 Å². The minimum atomic E-state index is -3.55. The van der Waals surface area contributed by atoms with E-state index in [1.165, 1.54) is 4.31 Å². The van der Waals surface area contributed by atoms with E-state index in [0.29, 0.717) is 29.3 Å². The van der Waals surface area contributed by atoms with E-state index >= 15 is 0 Å². The lowest BCUT2D eigenvalue weighted by molar-refractivity contribution is -0.0170. The van der Waals surface area contributed by atoms with Crippen molar-refractivity contribution in [1.29, 1.82) is 0 Å². The summed E-state index contributed by atoms with van der Waals surface area (Å²) in [5.41, 5.74) is 7.87. The van der Waals surface area contributed by atoms with Gasteiger partial charge in [0, 0.05) is 18.3 Å². The Kier molecular flexibility index (Phi) is 4.09. The van der Waals surface area contributed by atoms with Gasteiger partial charge in [-0.15, -0.1) is 0 Å². The number of sulfonamides is 1. The van der Waals surface area contributed by atoms with Gasteiger partial charge in [0.2, 0.25) is 10.0 Å². The highest BCUT2D eigenvalue weighted by molar-refractivity contribution is 7.89. The highest BCUT2D eigenvalue weighted by atomic mass is 32.2. The molecule has 1 saturated heterocycles. The van der Waals surface area contributed by atoms with Crippen molar-refractivity contribution in [1.82, 2.24) is 4.31 Å². The number of morpholine rings is 1. The van der Waals surface area contributed by atoms with Crippen molar-refractivity contribution in [2.24, 2.45) is 0 Å². The second-order valence-corrected chi connectivity index (χ2v) is 7.40. The summed E-state index contributed by atoms with van der Waals surface area (Å²) < 4.78 is 32.8. The zero-order valence-electron chi connectivity index (χ0n) is 12.4. The van der Waals surface area contributed by atoms with Crippen LogP contribution in [-0.4, -0.2) is 38.0 Å².